The predicted octanol–water partition coefficient (Wildman–Crippen LogP) is 4.89. The Balaban J connectivity index is 1.23. The third-order valence-electron chi connectivity index (χ3n) is 8.20. The Labute approximate surface area is 243 Å². The van der Waals surface area contributed by atoms with E-state index in [0.29, 0.717) is 34.9 Å². The lowest BCUT2D eigenvalue weighted by atomic mass is 9.93. The lowest BCUT2D eigenvalue weighted by Gasteiger charge is -2.22. The van der Waals surface area contributed by atoms with E-state index in [1.165, 1.54) is 0 Å². The maximum absolute atomic E-state index is 14.1. The highest BCUT2D eigenvalue weighted by Gasteiger charge is 2.21. The van der Waals surface area contributed by atoms with E-state index >= 15 is 0 Å². The van der Waals surface area contributed by atoms with Gasteiger partial charge in [-0.05, 0) is 86.8 Å². The van der Waals surface area contributed by atoms with E-state index in [1.807, 2.05) is 55.6 Å². The van der Waals surface area contributed by atoms with E-state index in [1.54, 1.807) is 17.0 Å². The van der Waals surface area contributed by atoms with Crippen LogP contribution in [0.3, 0.4) is 0 Å². The van der Waals surface area contributed by atoms with E-state index in [2.05, 4.69) is 32.0 Å². The van der Waals surface area contributed by atoms with Crippen LogP contribution in [0.25, 0.3) is 28.0 Å². The van der Waals surface area contributed by atoms with Gasteiger partial charge in [0.1, 0.15) is 5.82 Å². The maximum Gasteiger partial charge on any atom is 0.265 e. The zero-order valence-electron chi connectivity index (χ0n) is 23.6. The van der Waals surface area contributed by atoms with Crippen LogP contribution in [0.5, 0.6) is 0 Å². The topological polar surface area (TPSA) is 122 Å². The first-order valence-corrected chi connectivity index (χ1v) is 14.6. The van der Waals surface area contributed by atoms with Crippen LogP contribution in [-0.2, 0) is 4.74 Å². The number of fused-ring (bicyclic) bond motifs is 1. The summed E-state index contributed by atoms with van der Waals surface area (Å²) in [5, 5.41) is 11.0. The number of anilines is 3. The van der Waals surface area contributed by atoms with E-state index in [-0.39, 0.29) is 5.56 Å². The molecule has 214 valence electrons. The van der Waals surface area contributed by atoms with Crippen LogP contribution < -0.4 is 21.5 Å². The van der Waals surface area contributed by atoms with Crippen molar-refractivity contribution in [2.45, 2.75) is 38.1 Å². The summed E-state index contributed by atoms with van der Waals surface area (Å²) in [6, 6.07) is 16.3. The molecule has 1 aromatic carbocycles. The summed E-state index contributed by atoms with van der Waals surface area (Å²) in [7, 11) is 0. The fraction of sp³-hybridized carbons (Fsp3) is 0.312. The molecule has 1 unspecified atom stereocenters. The molecule has 2 aliphatic rings. The Morgan fingerprint density at radius 3 is 2.55 bits per heavy atom. The first kappa shape index (κ1) is 26.4. The van der Waals surface area contributed by atoms with Crippen molar-refractivity contribution in [1.29, 1.82) is 0 Å². The van der Waals surface area contributed by atoms with Gasteiger partial charge in [-0.3, -0.25) is 9.78 Å². The Kier molecular flexibility index (Phi) is 7.15. The molecule has 0 amide bonds. The van der Waals surface area contributed by atoms with Crippen LogP contribution in [0, 0.1) is 6.92 Å². The lowest BCUT2D eigenvalue weighted by molar-refractivity contribution is 0.0845. The number of pyridine rings is 2. The quantitative estimate of drug-likeness (QED) is 0.221. The summed E-state index contributed by atoms with van der Waals surface area (Å²) in [4.78, 5) is 31.4. The van der Waals surface area contributed by atoms with Gasteiger partial charge in [-0.25, -0.2) is 9.55 Å². The summed E-state index contributed by atoms with van der Waals surface area (Å²) >= 11 is 0. The van der Waals surface area contributed by atoms with Crippen molar-refractivity contribution < 1.29 is 4.74 Å². The number of hydrogen-bond donors (Lipinski definition) is 4. The fourth-order valence-corrected chi connectivity index (χ4v) is 5.90. The number of nitrogens with one attached hydrogen (secondary N) is 4. The number of aromatic nitrogens is 5. The average molecular weight is 563 g/mol. The average Bonchev–Trinajstić information content (AvgIpc) is 3.74. The molecule has 1 atom stereocenters. The summed E-state index contributed by atoms with van der Waals surface area (Å²) in [6.45, 7) is 5.59. The number of benzene rings is 1. The second-order valence-electron chi connectivity index (χ2n) is 11.1. The SMILES string of the molecule is Cc1cc(C2CCOCC2)ncc1-c1cc2cnc(Nc3ccc(NC4CCNC4)cc3)nc2n(-c2ccc[nH]2)c1=O. The maximum atomic E-state index is 14.1. The van der Waals surface area contributed by atoms with Gasteiger partial charge in [0.2, 0.25) is 5.95 Å². The molecular formula is C32H34N8O2. The number of hydrogen-bond acceptors (Lipinski definition) is 8. The van der Waals surface area contributed by atoms with Gasteiger partial charge >= 0.3 is 0 Å². The molecule has 0 radical (unpaired) electrons. The van der Waals surface area contributed by atoms with Crippen LogP contribution >= 0.6 is 0 Å². The molecule has 2 aliphatic heterocycles. The Morgan fingerprint density at radius 2 is 1.81 bits per heavy atom. The van der Waals surface area contributed by atoms with Crippen molar-refractivity contribution in [2.24, 2.45) is 0 Å². The van der Waals surface area contributed by atoms with Gasteiger partial charge in [0.05, 0.1) is 5.56 Å². The van der Waals surface area contributed by atoms with E-state index < -0.39 is 0 Å². The van der Waals surface area contributed by atoms with Crippen LogP contribution in [0.15, 0.2) is 71.9 Å². The van der Waals surface area contributed by atoms with Crippen molar-refractivity contribution in [3.63, 3.8) is 0 Å². The number of aromatic amines is 1. The van der Waals surface area contributed by atoms with Crippen LogP contribution in [0.4, 0.5) is 17.3 Å². The number of nitrogens with zero attached hydrogens (tertiary/aromatic N) is 4. The zero-order valence-corrected chi connectivity index (χ0v) is 23.6. The third kappa shape index (κ3) is 5.26. The molecule has 0 aliphatic carbocycles. The molecule has 0 spiro atoms. The van der Waals surface area contributed by atoms with Gasteiger partial charge in [0.15, 0.2) is 5.65 Å². The molecule has 10 heteroatoms. The monoisotopic (exact) mass is 562 g/mol. The van der Waals surface area contributed by atoms with Crippen molar-refractivity contribution in [3.8, 4) is 16.9 Å². The normalized spacial score (nSPS) is 17.5. The lowest BCUT2D eigenvalue weighted by Crippen LogP contribution is -2.22. The van der Waals surface area contributed by atoms with Crippen molar-refractivity contribution in [3.05, 3.63) is 88.7 Å². The van der Waals surface area contributed by atoms with E-state index in [9.17, 15) is 4.79 Å². The molecule has 7 rings (SSSR count). The summed E-state index contributed by atoms with van der Waals surface area (Å²) in [6.07, 6.45) is 8.44. The van der Waals surface area contributed by atoms with Gasteiger partial charge in [-0.1, -0.05) is 0 Å². The summed E-state index contributed by atoms with van der Waals surface area (Å²) < 4.78 is 7.14. The molecule has 0 bridgehead atoms. The number of ether oxygens (including phenoxy) is 1. The van der Waals surface area contributed by atoms with E-state index in [0.717, 1.165) is 79.1 Å². The molecule has 2 fully saturated rings. The molecular weight excluding hydrogens is 528 g/mol. The molecule has 0 saturated carbocycles. The Morgan fingerprint density at radius 1 is 0.976 bits per heavy atom. The summed E-state index contributed by atoms with van der Waals surface area (Å²) in [5.74, 6) is 1.43. The highest BCUT2D eigenvalue weighted by molar-refractivity contribution is 5.83. The smallest absolute Gasteiger partial charge is 0.265 e. The van der Waals surface area contributed by atoms with Crippen LogP contribution in [0.2, 0.25) is 0 Å². The minimum absolute atomic E-state index is 0.171. The molecule has 5 aromatic rings. The van der Waals surface area contributed by atoms with Crippen molar-refractivity contribution in [1.82, 2.24) is 29.8 Å². The standard InChI is InChI=1S/C32H34N8O2/c1-20-15-28(21-9-13-42-14-10-21)35-19-27(20)26-16-22-17-36-32(39-30(22)40(31(26)41)29-3-2-11-34-29)38-24-6-4-23(5-7-24)37-25-8-12-33-18-25/h2-7,11,15-17,19,21,25,33-34,37H,8-10,12-14,18H2,1H3,(H,36,38,39). The minimum atomic E-state index is -0.171. The van der Waals surface area contributed by atoms with Crippen molar-refractivity contribution >= 4 is 28.4 Å². The molecule has 6 heterocycles. The van der Waals surface area contributed by atoms with Gasteiger partial charge in [0.25, 0.3) is 5.56 Å². The molecule has 10 nitrogen and oxygen atoms in total. The second-order valence-corrected chi connectivity index (χ2v) is 11.1. The molecule has 4 N–H and O–H groups in total. The van der Waals surface area contributed by atoms with Gasteiger partial charge in [-0.2, -0.15) is 4.98 Å². The Hall–Kier alpha value is -4.54. The number of aryl methyl sites for hydroxylation is 1. The zero-order chi connectivity index (χ0) is 28.5. The van der Waals surface area contributed by atoms with E-state index in [4.69, 9.17) is 14.7 Å². The first-order valence-electron chi connectivity index (χ1n) is 14.6. The highest BCUT2D eigenvalue weighted by Crippen LogP contribution is 2.30. The fourth-order valence-electron chi connectivity index (χ4n) is 5.90. The highest BCUT2D eigenvalue weighted by atomic mass is 16.5. The molecule has 42 heavy (non-hydrogen) atoms. The van der Waals surface area contributed by atoms with Gasteiger partial charge < -0.3 is 25.7 Å². The van der Waals surface area contributed by atoms with Crippen molar-refractivity contribution in [2.75, 3.05) is 36.9 Å². The number of rotatable bonds is 7. The summed E-state index contributed by atoms with van der Waals surface area (Å²) in [5.41, 5.74) is 5.72. The first-order chi connectivity index (χ1) is 20.6. The largest absolute Gasteiger partial charge is 0.381 e. The number of H-pyrrole nitrogens is 1. The van der Waals surface area contributed by atoms with Crippen LogP contribution in [-0.4, -0.2) is 56.8 Å². The second kappa shape index (κ2) is 11.4. The Bertz CT molecular complexity index is 1750. The van der Waals surface area contributed by atoms with Crippen LogP contribution in [0.1, 0.15) is 36.4 Å². The molecule has 4 aromatic heterocycles. The van der Waals surface area contributed by atoms with Gasteiger partial charge in [-0.15, -0.1) is 0 Å². The van der Waals surface area contributed by atoms with Gasteiger partial charge in [0, 0.05) is 78.3 Å². The third-order valence-corrected chi connectivity index (χ3v) is 8.20. The minimum Gasteiger partial charge on any atom is -0.381 e. The predicted molar refractivity (Wildman–Crippen MR) is 165 cm³/mol. The molecule has 2 saturated heterocycles.